The number of anilines is 1. The van der Waals surface area contributed by atoms with Crippen LogP contribution in [0.25, 0.3) is 22.6 Å². The number of halogens is 1. The number of nitrogens with zero attached hydrogens (tertiary/aromatic N) is 1. The third-order valence-electron chi connectivity index (χ3n) is 4.02. The lowest BCUT2D eigenvalue weighted by Gasteiger charge is -2.10. The predicted molar refractivity (Wildman–Crippen MR) is 117 cm³/mol. The van der Waals surface area contributed by atoms with Gasteiger partial charge < -0.3 is 9.73 Å². The Hall–Kier alpha value is -3.03. The molecule has 7 heteroatoms. The number of fused-ring (bicyclic) bond motifs is 1. The van der Waals surface area contributed by atoms with Gasteiger partial charge in [0.25, 0.3) is 5.91 Å². The summed E-state index contributed by atoms with van der Waals surface area (Å²) in [6, 6.07) is 22.1. The molecule has 0 spiro atoms. The molecule has 28 heavy (non-hydrogen) atoms. The average Bonchev–Trinajstić information content (AvgIpc) is 3.13. The van der Waals surface area contributed by atoms with Gasteiger partial charge >= 0.3 is 0 Å². The second-order valence-corrected chi connectivity index (χ2v) is 7.30. The first-order valence-corrected chi connectivity index (χ1v) is 9.62. The second kappa shape index (κ2) is 7.92. The molecule has 1 heterocycles. The van der Waals surface area contributed by atoms with Crippen LogP contribution in [-0.4, -0.2) is 16.0 Å². The molecule has 0 aliphatic carbocycles. The second-order valence-electron chi connectivity index (χ2n) is 5.98. The summed E-state index contributed by atoms with van der Waals surface area (Å²) < 4.78 is 6.67. The van der Waals surface area contributed by atoms with Gasteiger partial charge in [0.1, 0.15) is 5.52 Å². The number of thiocarbonyl (C=S) groups is 1. The van der Waals surface area contributed by atoms with E-state index in [1.165, 1.54) is 0 Å². The van der Waals surface area contributed by atoms with Gasteiger partial charge in [-0.2, -0.15) is 0 Å². The molecule has 0 bridgehead atoms. The zero-order chi connectivity index (χ0) is 19.5. The van der Waals surface area contributed by atoms with Crippen LogP contribution in [0, 0.1) is 0 Å². The molecule has 138 valence electrons. The van der Waals surface area contributed by atoms with E-state index in [4.69, 9.17) is 16.6 Å². The average molecular weight is 452 g/mol. The SMILES string of the molecule is O=C(NC(=S)Nc1ccc(-c2nc3ccccc3o2)cc1)c1ccc(Br)cc1. The van der Waals surface area contributed by atoms with E-state index in [1.807, 2.05) is 48.5 Å². The summed E-state index contributed by atoms with van der Waals surface area (Å²) in [6.07, 6.45) is 0. The maximum Gasteiger partial charge on any atom is 0.257 e. The van der Waals surface area contributed by atoms with Crippen LogP contribution in [0.3, 0.4) is 0 Å². The molecule has 1 aromatic heterocycles. The highest BCUT2D eigenvalue weighted by Gasteiger charge is 2.10. The highest BCUT2D eigenvalue weighted by molar-refractivity contribution is 9.10. The Balaban J connectivity index is 1.41. The number of oxazole rings is 1. The van der Waals surface area contributed by atoms with Crippen molar-refractivity contribution in [3.63, 3.8) is 0 Å². The fourth-order valence-electron chi connectivity index (χ4n) is 2.63. The lowest BCUT2D eigenvalue weighted by atomic mass is 10.2. The minimum Gasteiger partial charge on any atom is -0.436 e. The number of para-hydroxylation sites is 2. The molecule has 4 aromatic rings. The topological polar surface area (TPSA) is 67.2 Å². The van der Waals surface area contributed by atoms with Crippen molar-refractivity contribution in [1.82, 2.24) is 10.3 Å². The van der Waals surface area contributed by atoms with Gasteiger partial charge in [0.05, 0.1) is 0 Å². The summed E-state index contributed by atoms with van der Waals surface area (Å²) in [5.41, 5.74) is 3.69. The summed E-state index contributed by atoms with van der Waals surface area (Å²) in [4.78, 5) is 16.7. The number of hydrogen-bond donors (Lipinski definition) is 2. The van der Waals surface area contributed by atoms with Crippen LogP contribution >= 0.6 is 28.1 Å². The van der Waals surface area contributed by atoms with E-state index in [0.29, 0.717) is 11.5 Å². The summed E-state index contributed by atoms with van der Waals surface area (Å²) in [5.74, 6) is 0.284. The number of rotatable bonds is 3. The van der Waals surface area contributed by atoms with E-state index in [-0.39, 0.29) is 11.0 Å². The van der Waals surface area contributed by atoms with E-state index >= 15 is 0 Å². The molecule has 3 aromatic carbocycles. The van der Waals surface area contributed by atoms with Crippen molar-refractivity contribution < 1.29 is 9.21 Å². The van der Waals surface area contributed by atoms with Gasteiger partial charge in [-0.25, -0.2) is 4.98 Å². The first-order chi connectivity index (χ1) is 13.6. The highest BCUT2D eigenvalue weighted by atomic mass is 79.9. The molecule has 0 saturated carbocycles. The number of hydrogen-bond acceptors (Lipinski definition) is 4. The zero-order valence-corrected chi connectivity index (χ0v) is 16.9. The number of benzene rings is 3. The van der Waals surface area contributed by atoms with Crippen LogP contribution in [0.4, 0.5) is 5.69 Å². The van der Waals surface area contributed by atoms with E-state index in [9.17, 15) is 4.79 Å². The molecule has 0 saturated heterocycles. The minimum atomic E-state index is -0.270. The Labute approximate surface area is 174 Å². The van der Waals surface area contributed by atoms with Crippen molar-refractivity contribution in [2.75, 3.05) is 5.32 Å². The molecule has 4 rings (SSSR count). The molecule has 0 aliphatic heterocycles. The lowest BCUT2D eigenvalue weighted by Crippen LogP contribution is -2.34. The van der Waals surface area contributed by atoms with Crippen LogP contribution in [-0.2, 0) is 0 Å². The Kier molecular flexibility index (Phi) is 5.18. The quantitative estimate of drug-likeness (QED) is 0.409. The molecule has 2 N–H and O–H groups in total. The Morgan fingerprint density at radius 3 is 2.39 bits per heavy atom. The van der Waals surface area contributed by atoms with Crippen LogP contribution in [0.1, 0.15) is 10.4 Å². The van der Waals surface area contributed by atoms with Gasteiger partial charge in [0, 0.05) is 21.3 Å². The van der Waals surface area contributed by atoms with Crippen molar-refractivity contribution >= 4 is 56.0 Å². The smallest absolute Gasteiger partial charge is 0.257 e. The van der Waals surface area contributed by atoms with Crippen molar-refractivity contribution in [3.05, 3.63) is 82.8 Å². The van der Waals surface area contributed by atoms with Crippen LogP contribution < -0.4 is 10.6 Å². The van der Waals surface area contributed by atoms with E-state index < -0.39 is 0 Å². The van der Waals surface area contributed by atoms with Gasteiger partial charge in [-0.1, -0.05) is 28.1 Å². The third kappa shape index (κ3) is 4.11. The minimum absolute atomic E-state index is 0.225. The summed E-state index contributed by atoms with van der Waals surface area (Å²) in [5, 5.41) is 5.89. The summed E-state index contributed by atoms with van der Waals surface area (Å²) >= 11 is 8.57. The molecule has 0 fully saturated rings. The lowest BCUT2D eigenvalue weighted by molar-refractivity contribution is 0.0977. The monoisotopic (exact) mass is 451 g/mol. The van der Waals surface area contributed by atoms with Gasteiger partial charge in [-0.05, 0) is 72.9 Å². The molecular formula is C21H14BrN3O2S. The molecule has 0 aliphatic rings. The summed E-state index contributed by atoms with van der Waals surface area (Å²) in [7, 11) is 0. The van der Waals surface area contributed by atoms with Crippen molar-refractivity contribution in [2.24, 2.45) is 0 Å². The van der Waals surface area contributed by atoms with Crippen molar-refractivity contribution in [2.45, 2.75) is 0 Å². The Morgan fingerprint density at radius 2 is 1.68 bits per heavy atom. The molecule has 0 unspecified atom stereocenters. The first-order valence-electron chi connectivity index (χ1n) is 8.42. The highest BCUT2D eigenvalue weighted by Crippen LogP contribution is 2.25. The van der Waals surface area contributed by atoms with Gasteiger partial charge in [-0.15, -0.1) is 0 Å². The maximum absolute atomic E-state index is 12.2. The van der Waals surface area contributed by atoms with Gasteiger partial charge in [0.2, 0.25) is 5.89 Å². The Bertz CT molecular complexity index is 1120. The van der Waals surface area contributed by atoms with Crippen LogP contribution in [0.5, 0.6) is 0 Å². The largest absolute Gasteiger partial charge is 0.436 e. The van der Waals surface area contributed by atoms with Gasteiger partial charge in [0.15, 0.2) is 10.7 Å². The van der Waals surface area contributed by atoms with Crippen molar-refractivity contribution in [1.29, 1.82) is 0 Å². The number of carbonyl (C=O) groups is 1. The maximum atomic E-state index is 12.2. The molecule has 1 amide bonds. The van der Waals surface area contributed by atoms with E-state index in [2.05, 4.69) is 31.5 Å². The number of carbonyl (C=O) groups excluding carboxylic acids is 1. The zero-order valence-electron chi connectivity index (χ0n) is 14.5. The standard InChI is InChI=1S/C21H14BrN3O2S/c22-15-9-5-13(6-10-15)19(26)25-21(28)23-16-11-7-14(8-12-16)20-24-17-3-1-2-4-18(17)27-20/h1-12H,(H2,23,25,26,28). The van der Waals surface area contributed by atoms with Gasteiger partial charge in [-0.3, -0.25) is 10.1 Å². The van der Waals surface area contributed by atoms with E-state index in [0.717, 1.165) is 26.8 Å². The van der Waals surface area contributed by atoms with Crippen molar-refractivity contribution in [3.8, 4) is 11.5 Å². The summed E-state index contributed by atoms with van der Waals surface area (Å²) in [6.45, 7) is 0. The normalized spacial score (nSPS) is 10.6. The Morgan fingerprint density at radius 1 is 0.964 bits per heavy atom. The number of aromatic nitrogens is 1. The first kappa shape index (κ1) is 18.3. The van der Waals surface area contributed by atoms with Crippen LogP contribution in [0.2, 0.25) is 0 Å². The van der Waals surface area contributed by atoms with E-state index in [1.54, 1.807) is 24.3 Å². The molecule has 0 radical (unpaired) electrons. The molecule has 0 atom stereocenters. The number of amides is 1. The molecular weight excluding hydrogens is 438 g/mol. The fraction of sp³-hybridized carbons (Fsp3) is 0. The third-order valence-corrected chi connectivity index (χ3v) is 4.75. The van der Waals surface area contributed by atoms with Crippen LogP contribution in [0.15, 0.2) is 81.7 Å². The fourth-order valence-corrected chi connectivity index (χ4v) is 3.11. The molecule has 5 nitrogen and oxygen atoms in total. The predicted octanol–water partition coefficient (Wildman–Crippen LogP) is 5.38. The number of nitrogens with one attached hydrogen (secondary N) is 2.